The van der Waals surface area contributed by atoms with E-state index in [1.807, 2.05) is 0 Å². The Morgan fingerprint density at radius 2 is 1.77 bits per heavy atom. The zero-order valence-corrected chi connectivity index (χ0v) is 16.2. The third-order valence-electron chi connectivity index (χ3n) is 4.81. The number of rotatable bonds is 5. The van der Waals surface area contributed by atoms with E-state index in [0.717, 1.165) is 16.7 Å². The van der Waals surface area contributed by atoms with Crippen LogP contribution in [0.2, 0.25) is 0 Å². The van der Waals surface area contributed by atoms with Crippen LogP contribution in [0, 0.1) is 5.82 Å². The van der Waals surface area contributed by atoms with E-state index in [0.29, 0.717) is 11.5 Å². The number of hydrogen-bond donors (Lipinski definition) is 2. The van der Waals surface area contributed by atoms with Gasteiger partial charge in [0.2, 0.25) is 11.8 Å². The van der Waals surface area contributed by atoms with Gasteiger partial charge < -0.3 is 15.6 Å². The number of benzene rings is 2. The number of nitrogens with zero attached hydrogens (tertiary/aromatic N) is 1. The smallest absolute Gasteiger partial charge is 0.368 e. The highest BCUT2D eigenvalue weighted by atomic mass is 19.4. The van der Waals surface area contributed by atoms with E-state index in [1.54, 1.807) is 0 Å². The molecule has 3 aromatic rings. The number of aromatic nitrogens is 1. The molecule has 2 amide bonds. The number of primary amides is 1. The summed E-state index contributed by atoms with van der Waals surface area (Å²) in [6, 6.07) is 7.79. The van der Waals surface area contributed by atoms with Crippen LogP contribution in [0.4, 0.5) is 23.2 Å². The van der Waals surface area contributed by atoms with Crippen LogP contribution >= 0.6 is 0 Å². The molecule has 162 valence electrons. The summed E-state index contributed by atoms with van der Waals surface area (Å²) in [7, 11) is 0. The van der Waals surface area contributed by atoms with Crippen molar-refractivity contribution in [1.82, 2.24) is 4.57 Å². The molecule has 0 unspecified atom stereocenters. The van der Waals surface area contributed by atoms with Gasteiger partial charge in [-0.15, -0.1) is 0 Å². The summed E-state index contributed by atoms with van der Waals surface area (Å²) in [5.41, 5.74) is 3.08. The van der Waals surface area contributed by atoms with Gasteiger partial charge in [-0.25, -0.2) is 4.39 Å². The van der Waals surface area contributed by atoms with Gasteiger partial charge in [0, 0.05) is 22.7 Å². The Balaban J connectivity index is 1.91. The van der Waals surface area contributed by atoms with Crippen LogP contribution in [-0.2, 0) is 22.2 Å². The van der Waals surface area contributed by atoms with E-state index >= 15 is 0 Å². The van der Waals surface area contributed by atoms with E-state index in [2.05, 4.69) is 5.32 Å². The van der Waals surface area contributed by atoms with Crippen LogP contribution in [0.1, 0.15) is 24.1 Å². The maximum atomic E-state index is 14.2. The van der Waals surface area contributed by atoms with Gasteiger partial charge in [0.05, 0.1) is 12.0 Å². The van der Waals surface area contributed by atoms with Crippen LogP contribution in [0.25, 0.3) is 10.8 Å². The highest BCUT2D eigenvalue weighted by Crippen LogP contribution is 2.32. The first-order valence-corrected chi connectivity index (χ1v) is 9.08. The van der Waals surface area contributed by atoms with Crippen molar-refractivity contribution in [2.45, 2.75) is 25.6 Å². The molecule has 6 nitrogen and oxygen atoms in total. The topological polar surface area (TPSA) is 94.2 Å². The van der Waals surface area contributed by atoms with E-state index in [1.165, 1.54) is 37.4 Å². The molecule has 1 atom stereocenters. The molecule has 2 aromatic carbocycles. The number of alkyl halides is 3. The van der Waals surface area contributed by atoms with E-state index in [4.69, 9.17) is 5.73 Å². The lowest BCUT2D eigenvalue weighted by Crippen LogP contribution is -2.31. The van der Waals surface area contributed by atoms with Crippen molar-refractivity contribution < 1.29 is 27.2 Å². The van der Waals surface area contributed by atoms with Crippen LogP contribution in [0.15, 0.2) is 53.5 Å². The first-order chi connectivity index (χ1) is 14.5. The zero-order valence-electron chi connectivity index (χ0n) is 16.2. The molecule has 0 radical (unpaired) electrons. The van der Waals surface area contributed by atoms with Crippen molar-refractivity contribution in [3.63, 3.8) is 0 Å². The van der Waals surface area contributed by atoms with Crippen molar-refractivity contribution >= 4 is 28.3 Å². The maximum Gasteiger partial charge on any atom is 0.419 e. The molecule has 0 aliphatic heterocycles. The first-order valence-electron chi connectivity index (χ1n) is 9.08. The normalized spacial score (nSPS) is 12.5. The summed E-state index contributed by atoms with van der Waals surface area (Å²) in [5, 5.41) is 3.03. The Labute approximate surface area is 173 Å². The minimum absolute atomic E-state index is 0.193. The predicted molar refractivity (Wildman–Crippen MR) is 106 cm³/mol. The Morgan fingerprint density at radius 1 is 1.10 bits per heavy atom. The molecular formula is C21H17F4N3O3. The maximum absolute atomic E-state index is 14.2. The first kappa shape index (κ1) is 22.0. The molecule has 31 heavy (non-hydrogen) atoms. The second-order valence-corrected chi connectivity index (χ2v) is 6.87. The monoisotopic (exact) mass is 435 g/mol. The fourth-order valence-corrected chi connectivity index (χ4v) is 3.15. The van der Waals surface area contributed by atoms with Gasteiger partial charge in [0.25, 0.3) is 5.56 Å². The highest BCUT2D eigenvalue weighted by molar-refractivity contribution is 6.02. The lowest BCUT2D eigenvalue weighted by molar-refractivity contribution is -0.140. The fourth-order valence-electron chi connectivity index (χ4n) is 3.15. The van der Waals surface area contributed by atoms with E-state index in [-0.39, 0.29) is 11.1 Å². The predicted octanol–water partition coefficient (Wildman–Crippen LogP) is 3.39. The number of carbonyl (C=O) groups excluding carboxylic acids is 2. The van der Waals surface area contributed by atoms with Crippen molar-refractivity contribution in [3.8, 4) is 0 Å². The number of carbonyl (C=O) groups is 2. The lowest BCUT2D eigenvalue weighted by Gasteiger charge is -2.14. The lowest BCUT2D eigenvalue weighted by atomic mass is 10.1. The molecule has 0 saturated carbocycles. The average Bonchev–Trinajstić information content (AvgIpc) is 2.69. The molecule has 0 saturated heterocycles. The molecular weight excluding hydrogens is 418 g/mol. The number of anilines is 1. The molecule has 3 rings (SSSR count). The minimum Gasteiger partial charge on any atom is -0.368 e. The zero-order chi connectivity index (χ0) is 22.9. The molecule has 10 heteroatoms. The number of pyridine rings is 1. The van der Waals surface area contributed by atoms with Gasteiger partial charge in [0.1, 0.15) is 11.9 Å². The Kier molecular flexibility index (Phi) is 5.83. The van der Waals surface area contributed by atoms with Crippen LogP contribution < -0.4 is 16.6 Å². The van der Waals surface area contributed by atoms with Gasteiger partial charge in [0.15, 0.2) is 0 Å². The standard InChI is InChI=1S/C21H17F4N3O3/c1-11(19(26)30)28-9-8-13-14(20(28)31)5-3-7-16(13)27-17(29)10-12-4-2-6-15(18(12)22)21(23,24)25/h2-9,11H,10H2,1H3,(H2,26,30)(H,27,29)/t11-/m1/s1. The Bertz CT molecular complexity index is 1230. The van der Waals surface area contributed by atoms with Gasteiger partial charge >= 0.3 is 6.18 Å². The van der Waals surface area contributed by atoms with Gasteiger partial charge in [-0.3, -0.25) is 14.4 Å². The molecule has 0 aliphatic rings. The molecule has 0 fully saturated rings. The van der Waals surface area contributed by atoms with E-state index < -0.39 is 53.0 Å². The second-order valence-electron chi connectivity index (χ2n) is 6.87. The van der Waals surface area contributed by atoms with Gasteiger partial charge in [-0.05, 0) is 36.8 Å². The van der Waals surface area contributed by atoms with Crippen molar-refractivity contribution in [2.75, 3.05) is 5.32 Å². The quantitative estimate of drug-likeness (QED) is 0.602. The summed E-state index contributed by atoms with van der Waals surface area (Å²) in [6.07, 6.45) is -4.17. The number of hydrogen-bond acceptors (Lipinski definition) is 3. The third-order valence-corrected chi connectivity index (χ3v) is 4.81. The SMILES string of the molecule is C[C@H](C(N)=O)n1ccc2c(NC(=O)Cc3cccc(C(F)(F)F)c3F)cccc2c1=O. The van der Waals surface area contributed by atoms with Gasteiger partial charge in [-0.2, -0.15) is 13.2 Å². The summed E-state index contributed by atoms with van der Waals surface area (Å²) in [6.45, 7) is 1.46. The van der Waals surface area contributed by atoms with Crippen molar-refractivity contribution in [3.05, 3.63) is 76.0 Å². The molecule has 0 aliphatic carbocycles. The fraction of sp³-hybridized carbons (Fsp3) is 0.190. The third kappa shape index (κ3) is 4.42. The Hall–Kier alpha value is -3.69. The largest absolute Gasteiger partial charge is 0.419 e. The second kappa shape index (κ2) is 8.21. The summed E-state index contributed by atoms with van der Waals surface area (Å²) >= 11 is 0. The number of nitrogens with two attached hydrogens (primary N) is 1. The summed E-state index contributed by atoms with van der Waals surface area (Å²) in [5.74, 6) is -2.97. The number of amides is 2. The number of nitrogens with one attached hydrogen (secondary N) is 1. The summed E-state index contributed by atoms with van der Waals surface area (Å²) in [4.78, 5) is 36.4. The molecule has 0 bridgehead atoms. The summed E-state index contributed by atoms with van der Waals surface area (Å²) < 4.78 is 53.9. The number of halogens is 4. The average molecular weight is 435 g/mol. The van der Waals surface area contributed by atoms with Crippen molar-refractivity contribution in [1.29, 1.82) is 0 Å². The highest BCUT2D eigenvalue weighted by Gasteiger charge is 2.35. The van der Waals surface area contributed by atoms with Crippen LogP contribution in [-0.4, -0.2) is 16.4 Å². The van der Waals surface area contributed by atoms with Crippen LogP contribution in [0.3, 0.4) is 0 Å². The Morgan fingerprint density at radius 3 is 2.42 bits per heavy atom. The molecule has 3 N–H and O–H groups in total. The van der Waals surface area contributed by atoms with E-state index in [9.17, 15) is 31.9 Å². The molecule has 0 spiro atoms. The van der Waals surface area contributed by atoms with Gasteiger partial charge in [-0.1, -0.05) is 18.2 Å². The molecule has 1 heterocycles. The van der Waals surface area contributed by atoms with Crippen LogP contribution in [0.5, 0.6) is 0 Å². The van der Waals surface area contributed by atoms with Crippen molar-refractivity contribution in [2.24, 2.45) is 5.73 Å². The number of fused-ring (bicyclic) bond motifs is 1. The molecule has 1 aromatic heterocycles. The minimum atomic E-state index is -4.88.